The lowest BCUT2D eigenvalue weighted by molar-refractivity contribution is -0.136. The van der Waals surface area contributed by atoms with Crippen LogP contribution in [-0.4, -0.2) is 22.8 Å². The van der Waals surface area contributed by atoms with Crippen LogP contribution in [0.3, 0.4) is 0 Å². The summed E-state index contributed by atoms with van der Waals surface area (Å²) in [6.45, 7) is 5.07. The molecule has 0 saturated heterocycles. The number of hydrogen-bond donors (Lipinski definition) is 1. The van der Waals surface area contributed by atoms with Gasteiger partial charge in [0, 0.05) is 16.0 Å². The Hall–Kier alpha value is -2.53. The molecule has 118 valence electrons. The van der Waals surface area contributed by atoms with Gasteiger partial charge < -0.3 is 9.84 Å². The predicted molar refractivity (Wildman–Crippen MR) is 89.6 cm³/mol. The summed E-state index contributed by atoms with van der Waals surface area (Å²) in [5, 5.41) is 10.1. The van der Waals surface area contributed by atoms with Crippen LogP contribution in [0.2, 0.25) is 0 Å². The van der Waals surface area contributed by atoms with E-state index in [9.17, 15) is 14.7 Å². The summed E-state index contributed by atoms with van der Waals surface area (Å²) in [5.41, 5.74) is 1.08. The molecule has 0 saturated carbocycles. The molecule has 2 aromatic carbocycles. The molecule has 0 amide bonds. The topological polar surface area (TPSA) is 63.6 Å². The summed E-state index contributed by atoms with van der Waals surface area (Å²) >= 11 is 1.24. The lowest BCUT2D eigenvalue weighted by Gasteiger charge is -2.07. The van der Waals surface area contributed by atoms with E-state index in [4.69, 9.17) is 4.74 Å². The van der Waals surface area contributed by atoms with Gasteiger partial charge >= 0.3 is 5.97 Å². The molecular weight excluding hydrogens is 312 g/mol. The van der Waals surface area contributed by atoms with Crippen LogP contribution in [-0.2, 0) is 9.53 Å². The third-order valence-electron chi connectivity index (χ3n) is 3.01. The molecule has 0 heterocycles. The first kappa shape index (κ1) is 16.8. The lowest BCUT2D eigenvalue weighted by Crippen LogP contribution is -2.04. The first-order valence-corrected chi connectivity index (χ1v) is 7.86. The number of ether oxygens (including phenoxy) is 1. The second kappa shape index (κ2) is 7.65. The van der Waals surface area contributed by atoms with E-state index in [0.717, 1.165) is 0 Å². The Morgan fingerprint density at radius 1 is 1.17 bits per heavy atom. The third kappa shape index (κ3) is 4.47. The number of aromatic hydroxyl groups is 1. The molecule has 2 rings (SSSR count). The Labute approximate surface area is 138 Å². The summed E-state index contributed by atoms with van der Waals surface area (Å²) in [6.07, 6.45) is 0. The highest BCUT2D eigenvalue weighted by Crippen LogP contribution is 2.27. The van der Waals surface area contributed by atoms with E-state index in [1.165, 1.54) is 17.8 Å². The van der Waals surface area contributed by atoms with Crippen molar-refractivity contribution in [3.8, 4) is 5.75 Å². The molecule has 2 aromatic rings. The van der Waals surface area contributed by atoms with Crippen molar-refractivity contribution in [2.24, 2.45) is 0 Å². The van der Waals surface area contributed by atoms with Crippen LogP contribution in [0.4, 0.5) is 0 Å². The van der Waals surface area contributed by atoms with E-state index >= 15 is 0 Å². The molecule has 0 aliphatic carbocycles. The molecule has 23 heavy (non-hydrogen) atoms. The van der Waals surface area contributed by atoms with Gasteiger partial charge in [-0.1, -0.05) is 48.7 Å². The molecule has 5 heteroatoms. The van der Waals surface area contributed by atoms with Crippen molar-refractivity contribution in [3.05, 3.63) is 71.8 Å². The fraction of sp³-hybridized carbons (Fsp3) is 0.111. The van der Waals surface area contributed by atoms with Gasteiger partial charge in [0.25, 0.3) is 0 Å². The molecule has 0 aromatic heterocycles. The van der Waals surface area contributed by atoms with Crippen molar-refractivity contribution < 1.29 is 19.4 Å². The maximum absolute atomic E-state index is 12.3. The van der Waals surface area contributed by atoms with Gasteiger partial charge in [0.2, 0.25) is 0 Å². The molecule has 4 nitrogen and oxygen atoms in total. The van der Waals surface area contributed by atoms with Gasteiger partial charge in [0.1, 0.15) is 11.7 Å². The van der Waals surface area contributed by atoms with E-state index < -0.39 is 5.97 Å². The number of esters is 1. The van der Waals surface area contributed by atoms with Gasteiger partial charge in [-0.05, 0) is 25.1 Å². The zero-order chi connectivity index (χ0) is 16.8. The number of carbonyl (C=O) groups excluding carboxylic acids is 2. The van der Waals surface area contributed by atoms with Crippen molar-refractivity contribution in [1.29, 1.82) is 0 Å². The van der Waals surface area contributed by atoms with Crippen LogP contribution in [0.25, 0.3) is 0 Å². The number of phenols is 1. The molecule has 0 aliphatic rings. The highest BCUT2D eigenvalue weighted by Gasteiger charge is 2.14. The number of thioether (sulfide) groups is 1. The van der Waals surface area contributed by atoms with Gasteiger partial charge in [-0.3, -0.25) is 4.79 Å². The molecule has 1 N–H and O–H groups in total. The Kier molecular flexibility index (Phi) is 5.60. The number of ketones is 1. The van der Waals surface area contributed by atoms with Gasteiger partial charge in [0.15, 0.2) is 5.78 Å². The Bertz CT molecular complexity index is 738. The SMILES string of the molecule is C=C(C)C(=O)OCSc1ccc(C(=O)c2ccccc2)c(O)c1. The number of carbonyl (C=O) groups is 2. The second-order valence-corrected chi connectivity index (χ2v) is 5.84. The number of benzene rings is 2. The van der Waals surface area contributed by atoms with Crippen LogP contribution in [0.15, 0.2) is 65.6 Å². The van der Waals surface area contributed by atoms with Gasteiger partial charge in [-0.2, -0.15) is 0 Å². The van der Waals surface area contributed by atoms with E-state index in [1.54, 1.807) is 43.3 Å². The monoisotopic (exact) mass is 328 g/mol. The average Bonchev–Trinajstić information content (AvgIpc) is 2.55. The van der Waals surface area contributed by atoms with Crippen LogP contribution in [0, 0.1) is 0 Å². The molecule has 0 fully saturated rings. The first-order chi connectivity index (χ1) is 11.0. The van der Waals surface area contributed by atoms with E-state index in [0.29, 0.717) is 16.0 Å². The van der Waals surface area contributed by atoms with Crippen molar-refractivity contribution in [2.75, 3.05) is 5.94 Å². The largest absolute Gasteiger partial charge is 0.507 e. The molecule has 0 radical (unpaired) electrons. The molecule has 0 atom stereocenters. The van der Waals surface area contributed by atoms with E-state index in [1.807, 2.05) is 6.07 Å². The fourth-order valence-corrected chi connectivity index (χ4v) is 2.47. The van der Waals surface area contributed by atoms with Crippen LogP contribution in [0.1, 0.15) is 22.8 Å². The fourth-order valence-electron chi connectivity index (χ4n) is 1.81. The van der Waals surface area contributed by atoms with Crippen molar-refractivity contribution in [2.45, 2.75) is 11.8 Å². The van der Waals surface area contributed by atoms with Gasteiger partial charge in [-0.15, -0.1) is 0 Å². The minimum absolute atomic E-state index is 0.102. The van der Waals surface area contributed by atoms with Crippen LogP contribution < -0.4 is 0 Å². The maximum Gasteiger partial charge on any atom is 0.333 e. The molecular formula is C18H16O4S. The Morgan fingerprint density at radius 2 is 1.87 bits per heavy atom. The minimum atomic E-state index is -0.461. The lowest BCUT2D eigenvalue weighted by atomic mass is 10.0. The highest BCUT2D eigenvalue weighted by atomic mass is 32.2. The van der Waals surface area contributed by atoms with Crippen molar-refractivity contribution >= 4 is 23.5 Å². The Morgan fingerprint density at radius 3 is 2.48 bits per heavy atom. The van der Waals surface area contributed by atoms with Crippen molar-refractivity contribution in [3.63, 3.8) is 0 Å². The number of rotatable bonds is 6. The molecule has 0 bridgehead atoms. The molecule has 0 unspecified atom stereocenters. The molecule has 0 spiro atoms. The van der Waals surface area contributed by atoms with Crippen LogP contribution in [0.5, 0.6) is 5.75 Å². The molecule has 0 aliphatic heterocycles. The standard InChI is InChI=1S/C18H16O4S/c1-12(2)18(21)22-11-23-14-8-9-15(16(19)10-14)17(20)13-6-4-3-5-7-13/h3-10,19H,1,11H2,2H3. The third-order valence-corrected chi connectivity index (χ3v) is 3.84. The first-order valence-electron chi connectivity index (χ1n) is 6.87. The Balaban J connectivity index is 2.05. The summed E-state index contributed by atoms with van der Waals surface area (Å²) in [5.74, 6) is -0.696. The van der Waals surface area contributed by atoms with E-state index in [2.05, 4.69) is 6.58 Å². The summed E-state index contributed by atoms with van der Waals surface area (Å²) in [4.78, 5) is 24.3. The predicted octanol–water partition coefficient (Wildman–Crippen LogP) is 3.79. The van der Waals surface area contributed by atoms with Gasteiger partial charge in [-0.25, -0.2) is 4.79 Å². The smallest absolute Gasteiger partial charge is 0.333 e. The normalized spacial score (nSPS) is 10.1. The summed E-state index contributed by atoms with van der Waals surface area (Å²) in [6, 6.07) is 13.5. The second-order valence-electron chi connectivity index (χ2n) is 4.85. The highest BCUT2D eigenvalue weighted by molar-refractivity contribution is 7.99. The quantitative estimate of drug-likeness (QED) is 0.287. The zero-order valence-electron chi connectivity index (χ0n) is 12.6. The van der Waals surface area contributed by atoms with Gasteiger partial charge in [0.05, 0.1) is 5.56 Å². The zero-order valence-corrected chi connectivity index (χ0v) is 13.4. The maximum atomic E-state index is 12.3. The summed E-state index contributed by atoms with van der Waals surface area (Å²) in [7, 11) is 0. The number of hydrogen-bond acceptors (Lipinski definition) is 5. The minimum Gasteiger partial charge on any atom is -0.507 e. The van der Waals surface area contributed by atoms with E-state index in [-0.39, 0.29) is 23.0 Å². The summed E-state index contributed by atoms with van der Waals surface area (Å²) < 4.78 is 4.97. The van der Waals surface area contributed by atoms with Crippen molar-refractivity contribution in [1.82, 2.24) is 0 Å². The average molecular weight is 328 g/mol. The number of phenolic OH excluding ortho intramolecular Hbond substituents is 1. The van der Waals surface area contributed by atoms with Crippen LogP contribution >= 0.6 is 11.8 Å².